The molecule has 0 spiro atoms. The molecular weight excluding hydrogens is 399 g/mol. The molecule has 0 radical (unpaired) electrons. The number of hydrogen-bond acceptors (Lipinski definition) is 1. The third-order valence-electron chi connectivity index (χ3n) is 2.35. The summed E-state index contributed by atoms with van der Waals surface area (Å²) in [6.45, 7) is 2.92. The first-order valence-corrected chi connectivity index (χ1v) is 15.5. The number of benzene rings is 1. The summed E-state index contributed by atoms with van der Waals surface area (Å²) in [6, 6.07) is 8.55. The molecule has 0 aromatic heterocycles. The summed E-state index contributed by atoms with van der Waals surface area (Å²) in [7, 11) is -0.0804. The molecule has 0 N–H and O–H groups in total. The van der Waals surface area contributed by atoms with Crippen molar-refractivity contribution in [1.29, 1.82) is 0 Å². The van der Waals surface area contributed by atoms with Crippen LogP contribution in [0.5, 0.6) is 0 Å². The van der Waals surface area contributed by atoms with Crippen LogP contribution in [0.25, 0.3) is 0 Å². The van der Waals surface area contributed by atoms with Crippen molar-refractivity contribution in [2.45, 2.75) is 31.7 Å². The van der Waals surface area contributed by atoms with Crippen LogP contribution in [0.2, 0.25) is 5.32 Å². The van der Waals surface area contributed by atoms with E-state index in [1.807, 2.05) is 0 Å². The number of rotatable bonds is 6. The van der Waals surface area contributed by atoms with Crippen LogP contribution >= 0.6 is 28.2 Å². The molecule has 1 aromatic rings. The van der Waals surface area contributed by atoms with Gasteiger partial charge in [-0.05, 0) is 0 Å². The Hall–Kier alpha value is 0.659. The van der Waals surface area contributed by atoms with E-state index in [1.165, 1.54) is 28.2 Å². The van der Waals surface area contributed by atoms with Crippen LogP contribution in [0.15, 0.2) is 24.3 Å². The number of methoxy groups -OCH3 is 1. The third kappa shape index (κ3) is 4.15. The molecule has 0 amide bonds. The van der Waals surface area contributed by atoms with Gasteiger partial charge in [-0.25, -0.2) is 0 Å². The zero-order chi connectivity index (χ0) is 12.0. The Morgan fingerprint density at radius 3 is 2.56 bits per heavy atom. The van der Waals surface area contributed by atoms with Crippen LogP contribution < -0.4 is 4.46 Å². The van der Waals surface area contributed by atoms with Gasteiger partial charge < -0.3 is 0 Å². The molecule has 0 bridgehead atoms. The van der Waals surface area contributed by atoms with Gasteiger partial charge in [0, 0.05) is 0 Å². The van der Waals surface area contributed by atoms with E-state index < -0.39 is 9.23 Å². The van der Waals surface area contributed by atoms with E-state index in [0.717, 1.165) is 0 Å². The fraction of sp³-hybridized carbons (Fsp3) is 0.500. The van der Waals surface area contributed by atoms with Crippen LogP contribution in [-0.2, 0) is 11.3 Å². The maximum atomic E-state index is 5.25. The molecule has 0 unspecified atom stereocenters. The van der Waals surface area contributed by atoms with Gasteiger partial charge in [-0.15, -0.1) is 0 Å². The standard InChI is InChI=1S/C12H18Br2OSe/c1-3-4-9-16(13,14)12-8-6-5-7-11(12)10-15-2/h5-8H,3-4,9-10H2,1-2H3. The number of halogens is 2. The van der Waals surface area contributed by atoms with E-state index in [9.17, 15) is 0 Å². The molecule has 1 aromatic carbocycles. The molecule has 0 saturated carbocycles. The van der Waals surface area contributed by atoms with E-state index in [0.29, 0.717) is 6.61 Å². The Kier molecular flexibility index (Phi) is 6.60. The second-order valence-electron chi connectivity index (χ2n) is 3.67. The van der Waals surface area contributed by atoms with Crippen molar-refractivity contribution < 1.29 is 4.74 Å². The second kappa shape index (κ2) is 7.17. The molecule has 0 aliphatic rings. The number of hydrogen-bond donors (Lipinski definition) is 0. The van der Waals surface area contributed by atoms with Crippen LogP contribution in [0.3, 0.4) is 0 Å². The molecule has 0 atom stereocenters. The molecule has 0 heterocycles. The Morgan fingerprint density at radius 1 is 1.25 bits per heavy atom. The van der Waals surface area contributed by atoms with Crippen molar-refractivity contribution in [1.82, 2.24) is 0 Å². The van der Waals surface area contributed by atoms with Gasteiger partial charge in [0.15, 0.2) is 0 Å². The van der Waals surface area contributed by atoms with E-state index in [2.05, 4.69) is 59.4 Å². The molecule has 0 saturated heterocycles. The number of ether oxygens (including phenoxy) is 1. The first-order valence-electron chi connectivity index (χ1n) is 5.39. The predicted molar refractivity (Wildman–Crippen MR) is 80.1 cm³/mol. The first-order chi connectivity index (χ1) is 7.61. The quantitative estimate of drug-likeness (QED) is 0.635. The predicted octanol–water partition coefficient (Wildman–Crippen LogP) is 4.07. The van der Waals surface area contributed by atoms with Crippen LogP contribution in [0, 0.1) is 0 Å². The molecular formula is C12H18Br2OSe. The van der Waals surface area contributed by atoms with Gasteiger partial charge in [0.05, 0.1) is 0 Å². The van der Waals surface area contributed by atoms with Gasteiger partial charge in [-0.2, -0.15) is 0 Å². The molecule has 16 heavy (non-hydrogen) atoms. The van der Waals surface area contributed by atoms with Gasteiger partial charge in [0.2, 0.25) is 0 Å². The van der Waals surface area contributed by atoms with Gasteiger partial charge in [-0.3, -0.25) is 0 Å². The molecule has 0 fully saturated rings. The van der Waals surface area contributed by atoms with E-state index in [-0.39, 0.29) is 0 Å². The molecule has 0 aliphatic heterocycles. The third-order valence-corrected chi connectivity index (χ3v) is 13.2. The molecule has 92 valence electrons. The normalized spacial score (nSPS) is 12.8. The van der Waals surface area contributed by atoms with E-state index in [4.69, 9.17) is 4.74 Å². The van der Waals surface area contributed by atoms with Crippen molar-refractivity contribution in [3.05, 3.63) is 29.8 Å². The second-order valence-corrected chi connectivity index (χ2v) is 23.9. The van der Waals surface area contributed by atoms with Crippen molar-refractivity contribution in [2.75, 3.05) is 7.11 Å². The Bertz CT molecular complexity index is 329. The molecule has 4 heteroatoms. The monoisotopic (exact) mass is 416 g/mol. The van der Waals surface area contributed by atoms with Crippen molar-refractivity contribution in [2.24, 2.45) is 0 Å². The summed E-state index contributed by atoms with van der Waals surface area (Å²) in [6.07, 6.45) is 2.50. The van der Waals surface area contributed by atoms with Crippen LogP contribution in [-0.4, -0.2) is 16.3 Å². The summed E-state index contributed by atoms with van der Waals surface area (Å²) in [5.41, 5.74) is 1.30. The van der Waals surface area contributed by atoms with E-state index >= 15 is 0 Å². The van der Waals surface area contributed by atoms with Crippen LogP contribution in [0.4, 0.5) is 0 Å². The van der Waals surface area contributed by atoms with Gasteiger partial charge >= 0.3 is 115 Å². The van der Waals surface area contributed by atoms with Gasteiger partial charge in [0.1, 0.15) is 0 Å². The molecule has 1 nitrogen and oxygen atoms in total. The summed E-state index contributed by atoms with van der Waals surface area (Å²) < 4.78 is 6.68. The fourth-order valence-electron chi connectivity index (χ4n) is 1.51. The summed E-state index contributed by atoms with van der Waals surface area (Å²) in [5, 5.41) is 1.23. The average molecular weight is 417 g/mol. The molecule has 0 aliphatic carbocycles. The minimum atomic E-state index is -1.83. The molecule has 1 rings (SSSR count). The Labute approximate surface area is 115 Å². The average Bonchev–Trinajstić information content (AvgIpc) is 2.27. The maximum absolute atomic E-state index is 5.25. The summed E-state index contributed by atoms with van der Waals surface area (Å²) >= 11 is 7.86. The Morgan fingerprint density at radius 2 is 1.94 bits per heavy atom. The zero-order valence-electron chi connectivity index (χ0n) is 9.71. The Balaban J connectivity index is 2.91. The van der Waals surface area contributed by atoms with E-state index in [1.54, 1.807) is 7.11 Å². The minimum absolute atomic E-state index is 0.693. The summed E-state index contributed by atoms with van der Waals surface area (Å²) in [5.74, 6) is 0. The van der Waals surface area contributed by atoms with Gasteiger partial charge in [0.25, 0.3) is 0 Å². The van der Waals surface area contributed by atoms with Crippen molar-refractivity contribution in [3.63, 3.8) is 0 Å². The van der Waals surface area contributed by atoms with Crippen molar-refractivity contribution >= 4 is 41.9 Å². The zero-order valence-corrected chi connectivity index (χ0v) is 14.6. The topological polar surface area (TPSA) is 9.23 Å². The SMILES string of the molecule is CCCC[Se](Br)(Br)c1ccccc1COC. The first kappa shape index (κ1) is 14.7. The number of unbranched alkanes of at least 4 members (excludes halogenated alkanes) is 1. The van der Waals surface area contributed by atoms with Gasteiger partial charge in [-0.1, -0.05) is 0 Å². The van der Waals surface area contributed by atoms with Crippen molar-refractivity contribution in [3.8, 4) is 0 Å². The fourth-order valence-corrected chi connectivity index (χ4v) is 10.6. The summed E-state index contributed by atoms with van der Waals surface area (Å²) in [4.78, 5) is 0. The van der Waals surface area contributed by atoms with Crippen LogP contribution in [0.1, 0.15) is 25.3 Å².